The van der Waals surface area contributed by atoms with Gasteiger partial charge in [0.1, 0.15) is 5.58 Å². The van der Waals surface area contributed by atoms with Crippen LogP contribution >= 0.6 is 11.3 Å². The van der Waals surface area contributed by atoms with Gasteiger partial charge >= 0.3 is 0 Å². The molecule has 0 unspecified atom stereocenters. The van der Waals surface area contributed by atoms with Crippen molar-refractivity contribution in [3.63, 3.8) is 0 Å². The quantitative estimate of drug-likeness (QED) is 0.176. The Morgan fingerprint density at radius 3 is 1.52 bits per heavy atom. The molecule has 0 aliphatic rings. The van der Waals surface area contributed by atoms with Crippen molar-refractivity contribution < 1.29 is 4.42 Å². The topological polar surface area (TPSA) is 16.4 Å². The second-order valence-corrected chi connectivity index (χ2v) is 17.4. The number of rotatable bonds is 4. The predicted molar refractivity (Wildman–Crippen MR) is 272 cm³/mol. The Morgan fingerprint density at radius 2 is 0.810 bits per heavy atom. The summed E-state index contributed by atoms with van der Waals surface area (Å²) < 4.78 is 9.38. The molecule has 0 fully saturated rings. The first-order chi connectivity index (χ1) is 31.3. The summed E-state index contributed by atoms with van der Waals surface area (Å²) in [6.07, 6.45) is 0. The average molecular weight is 820 g/mol. The molecule has 0 atom stereocenters. The molecule has 2 nitrogen and oxygen atoms in total. The third-order valence-corrected chi connectivity index (χ3v) is 14.1. The van der Waals surface area contributed by atoms with Crippen LogP contribution in [0.15, 0.2) is 229 Å². The number of benzene rings is 10. The van der Waals surface area contributed by atoms with E-state index in [1.165, 1.54) is 85.2 Å². The zero-order chi connectivity index (χ0) is 41.4. The van der Waals surface area contributed by atoms with Crippen molar-refractivity contribution >= 4 is 124 Å². The molecule has 0 saturated carbocycles. The highest BCUT2D eigenvalue weighted by Gasteiger charge is 2.21. The van der Waals surface area contributed by atoms with Crippen LogP contribution in [0.1, 0.15) is 0 Å². The van der Waals surface area contributed by atoms with Gasteiger partial charge in [-0.2, -0.15) is 0 Å². The van der Waals surface area contributed by atoms with E-state index in [9.17, 15) is 0 Å². The highest BCUT2D eigenvalue weighted by atomic mass is 32.1. The third-order valence-electron chi connectivity index (χ3n) is 12.9. The van der Waals surface area contributed by atoms with Gasteiger partial charge in [-0.05, 0) is 102 Å². The van der Waals surface area contributed by atoms with E-state index in [1.807, 2.05) is 17.4 Å². The van der Waals surface area contributed by atoms with Crippen LogP contribution in [-0.2, 0) is 0 Å². The van der Waals surface area contributed by atoms with Gasteiger partial charge in [0.05, 0.1) is 5.69 Å². The zero-order valence-electron chi connectivity index (χ0n) is 34.1. The Hall–Kier alpha value is -7.98. The largest absolute Gasteiger partial charge is 0.454 e. The van der Waals surface area contributed by atoms with Crippen molar-refractivity contribution in [3.8, 4) is 11.1 Å². The first kappa shape index (κ1) is 35.7. The van der Waals surface area contributed by atoms with Crippen molar-refractivity contribution in [2.45, 2.75) is 0 Å². The van der Waals surface area contributed by atoms with Crippen LogP contribution in [0.25, 0.3) is 107 Å². The standard InChI is InChI=1S/C60H37NOS/c1-2-15-38(16-3-1)39-29-31-40(32-30-39)61(55-26-14-25-52-48-22-10-12-27-56(48)62-59(52)55)41-33-34-47-45-20-7-5-18-43(45)42-17-4-6-19-44(42)46-21-8-9-24-50(46)58-51(54(47)37-41)35-36-53-49-23-11-13-28-57(49)63-60(53)58/h1-37H. The van der Waals surface area contributed by atoms with Crippen LogP contribution in [0.3, 0.4) is 0 Å². The number of fused-ring (bicyclic) bond motifs is 17. The van der Waals surface area contributed by atoms with Gasteiger partial charge < -0.3 is 9.32 Å². The van der Waals surface area contributed by atoms with E-state index in [1.54, 1.807) is 0 Å². The molecule has 0 aliphatic heterocycles. The van der Waals surface area contributed by atoms with Gasteiger partial charge in [-0.25, -0.2) is 0 Å². The second-order valence-electron chi connectivity index (χ2n) is 16.3. The number of hydrogen-bond donors (Lipinski definition) is 0. The van der Waals surface area contributed by atoms with Gasteiger partial charge in [-0.1, -0.05) is 182 Å². The molecule has 2 heterocycles. The molecule has 0 N–H and O–H groups in total. The maximum atomic E-state index is 6.79. The number of nitrogens with zero attached hydrogens (tertiary/aromatic N) is 1. The van der Waals surface area contributed by atoms with Crippen molar-refractivity contribution in [1.82, 2.24) is 0 Å². The molecule has 3 heteroatoms. The van der Waals surface area contributed by atoms with E-state index < -0.39 is 0 Å². The minimum absolute atomic E-state index is 0.856. The summed E-state index contributed by atoms with van der Waals surface area (Å²) in [5.74, 6) is 0. The van der Waals surface area contributed by atoms with Gasteiger partial charge in [0.25, 0.3) is 0 Å². The Kier molecular flexibility index (Phi) is 8.12. The molecule has 294 valence electrons. The normalized spacial score (nSPS) is 11.8. The molecule has 0 saturated heterocycles. The van der Waals surface area contributed by atoms with E-state index in [0.29, 0.717) is 0 Å². The number of hydrogen-bond acceptors (Lipinski definition) is 3. The van der Waals surface area contributed by atoms with Crippen LogP contribution in [0, 0.1) is 0 Å². The number of furan rings is 1. The monoisotopic (exact) mass is 819 g/mol. The lowest BCUT2D eigenvalue weighted by molar-refractivity contribution is 0.669. The van der Waals surface area contributed by atoms with Crippen molar-refractivity contribution in [3.05, 3.63) is 224 Å². The minimum atomic E-state index is 0.856. The Balaban J connectivity index is 1.21. The van der Waals surface area contributed by atoms with Crippen molar-refractivity contribution in [2.24, 2.45) is 0 Å². The smallest absolute Gasteiger partial charge is 0.159 e. The fraction of sp³-hybridized carbons (Fsp3) is 0. The lowest BCUT2D eigenvalue weighted by atomic mass is 9.93. The highest BCUT2D eigenvalue weighted by molar-refractivity contribution is 7.26. The molecule has 2 aromatic heterocycles. The molecule has 13 rings (SSSR count). The van der Waals surface area contributed by atoms with E-state index >= 15 is 0 Å². The molecular formula is C60H37NOS. The van der Waals surface area contributed by atoms with E-state index in [2.05, 4.69) is 223 Å². The predicted octanol–water partition coefficient (Wildman–Crippen LogP) is 18.0. The summed E-state index contributed by atoms with van der Waals surface area (Å²) in [5.41, 5.74) is 7.16. The molecule has 0 bridgehead atoms. The summed E-state index contributed by atoms with van der Waals surface area (Å²) in [5, 5.41) is 16.9. The summed E-state index contributed by atoms with van der Waals surface area (Å²) in [6.45, 7) is 0. The maximum Gasteiger partial charge on any atom is 0.159 e. The van der Waals surface area contributed by atoms with E-state index in [-0.39, 0.29) is 0 Å². The van der Waals surface area contributed by atoms with E-state index in [4.69, 9.17) is 4.42 Å². The first-order valence-electron chi connectivity index (χ1n) is 21.5. The Morgan fingerprint density at radius 1 is 0.317 bits per heavy atom. The molecule has 13 aromatic rings. The fourth-order valence-electron chi connectivity index (χ4n) is 10.0. The lowest BCUT2D eigenvalue weighted by Crippen LogP contribution is -2.10. The number of thiophene rings is 1. The van der Waals surface area contributed by atoms with Gasteiger partial charge in [0.15, 0.2) is 5.58 Å². The van der Waals surface area contributed by atoms with E-state index in [0.717, 1.165) is 39.0 Å². The molecular weight excluding hydrogens is 783 g/mol. The summed E-state index contributed by atoms with van der Waals surface area (Å²) in [7, 11) is 0. The van der Waals surface area contributed by atoms with Gasteiger partial charge in [0.2, 0.25) is 0 Å². The molecule has 0 amide bonds. The fourth-order valence-corrected chi connectivity index (χ4v) is 11.3. The van der Waals surface area contributed by atoms with Crippen LogP contribution in [0.4, 0.5) is 17.1 Å². The molecule has 0 spiro atoms. The van der Waals surface area contributed by atoms with Crippen molar-refractivity contribution in [1.29, 1.82) is 0 Å². The molecule has 63 heavy (non-hydrogen) atoms. The highest BCUT2D eigenvalue weighted by Crippen LogP contribution is 2.47. The number of para-hydroxylation sites is 2. The van der Waals surface area contributed by atoms with Crippen LogP contribution in [0.5, 0.6) is 0 Å². The van der Waals surface area contributed by atoms with Crippen LogP contribution in [-0.4, -0.2) is 0 Å². The first-order valence-corrected chi connectivity index (χ1v) is 22.3. The average Bonchev–Trinajstić information content (AvgIpc) is 3.93. The maximum absolute atomic E-state index is 6.79. The SMILES string of the molecule is c1ccc(-c2ccc(N(c3ccc4c5ccccc5c5ccccc5c5ccccc5c5c(ccc6c7ccccc7sc65)c4c3)c3cccc4c3oc3ccccc34)cc2)cc1. The molecule has 11 aromatic carbocycles. The van der Waals surface area contributed by atoms with Gasteiger partial charge in [-0.15, -0.1) is 11.3 Å². The second kappa shape index (κ2) is 14.3. The summed E-state index contributed by atoms with van der Waals surface area (Å²) in [6, 6.07) is 81.9. The Labute approximate surface area is 367 Å². The lowest BCUT2D eigenvalue weighted by Gasteiger charge is -2.26. The van der Waals surface area contributed by atoms with Crippen LogP contribution in [0.2, 0.25) is 0 Å². The third kappa shape index (κ3) is 5.64. The van der Waals surface area contributed by atoms with Gasteiger partial charge in [-0.3, -0.25) is 0 Å². The summed E-state index contributed by atoms with van der Waals surface area (Å²) >= 11 is 1.89. The Bertz CT molecular complexity index is 4030. The van der Waals surface area contributed by atoms with Crippen molar-refractivity contribution in [2.75, 3.05) is 4.90 Å². The minimum Gasteiger partial charge on any atom is -0.454 e. The molecule has 0 radical (unpaired) electrons. The van der Waals surface area contributed by atoms with Gasteiger partial charge in [0, 0.05) is 47.7 Å². The number of anilines is 3. The molecule has 0 aliphatic carbocycles. The van der Waals surface area contributed by atoms with Crippen LogP contribution < -0.4 is 4.90 Å². The summed E-state index contributed by atoms with van der Waals surface area (Å²) in [4.78, 5) is 2.38. The zero-order valence-corrected chi connectivity index (χ0v) is 34.9.